The van der Waals surface area contributed by atoms with Crippen molar-refractivity contribution in [1.82, 2.24) is 20.1 Å². The fourth-order valence-corrected chi connectivity index (χ4v) is 2.77. The smallest absolute Gasteiger partial charge is 0.163 e. The van der Waals surface area contributed by atoms with Gasteiger partial charge in [0.15, 0.2) is 5.82 Å². The highest BCUT2D eigenvalue weighted by Crippen LogP contribution is 2.27. The van der Waals surface area contributed by atoms with Gasteiger partial charge in [-0.25, -0.2) is 0 Å². The van der Waals surface area contributed by atoms with Crippen LogP contribution in [0.25, 0.3) is 5.69 Å². The minimum atomic E-state index is -0.124. The Morgan fingerprint density at radius 1 is 1.20 bits per heavy atom. The summed E-state index contributed by atoms with van der Waals surface area (Å²) in [5.41, 5.74) is 0.942. The monoisotopic (exact) mass is 292 g/mol. The van der Waals surface area contributed by atoms with Crippen LogP contribution < -0.4 is 5.32 Å². The first-order valence-corrected chi connectivity index (χ1v) is 7.19. The molecule has 0 amide bonds. The van der Waals surface area contributed by atoms with E-state index in [0.717, 1.165) is 37.4 Å². The molecule has 1 aromatic carbocycles. The van der Waals surface area contributed by atoms with E-state index in [1.54, 1.807) is 0 Å². The first-order valence-electron chi connectivity index (χ1n) is 6.81. The highest BCUT2D eigenvalue weighted by molar-refractivity contribution is 6.30. The van der Waals surface area contributed by atoms with Crippen molar-refractivity contribution in [1.29, 1.82) is 0 Å². The normalized spacial score (nSPS) is 16.5. The molecule has 20 heavy (non-hydrogen) atoms. The summed E-state index contributed by atoms with van der Waals surface area (Å²) >= 11 is 5.94. The molecule has 2 N–H and O–H groups in total. The van der Waals surface area contributed by atoms with Crippen molar-refractivity contribution in [3.63, 3.8) is 0 Å². The van der Waals surface area contributed by atoms with Crippen molar-refractivity contribution in [3.05, 3.63) is 40.9 Å². The fourth-order valence-electron chi connectivity index (χ4n) is 2.65. The van der Waals surface area contributed by atoms with Gasteiger partial charge in [-0.15, -0.1) is 10.2 Å². The maximum Gasteiger partial charge on any atom is 0.163 e. The number of hydrogen-bond acceptors (Lipinski definition) is 4. The van der Waals surface area contributed by atoms with Gasteiger partial charge >= 0.3 is 0 Å². The Hall–Kier alpha value is -1.43. The van der Waals surface area contributed by atoms with E-state index < -0.39 is 0 Å². The zero-order valence-electron chi connectivity index (χ0n) is 11.1. The highest BCUT2D eigenvalue weighted by Gasteiger charge is 2.23. The standard InChI is InChI=1S/C14H17ClN4O/c15-11-1-3-12(4-2-11)19-13(9-20)17-18-14(19)10-5-7-16-8-6-10/h1-4,10,16,20H,5-9H2. The summed E-state index contributed by atoms with van der Waals surface area (Å²) in [5.74, 6) is 1.87. The van der Waals surface area contributed by atoms with Crippen molar-refractivity contribution in [2.45, 2.75) is 25.4 Å². The van der Waals surface area contributed by atoms with E-state index in [4.69, 9.17) is 11.6 Å². The summed E-state index contributed by atoms with van der Waals surface area (Å²) in [6.45, 7) is 1.86. The average Bonchev–Trinajstić information content (AvgIpc) is 2.93. The summed E-state index contributed by atoms with van der Waals surface area (Å²) in [7, 11) is 0. The fraction of sp³-hybridized carbons (Fsp3) is 0.429. The minimum Gasteiger partial charge on any atom is -0.388 e. The van der Waals surface area contributed by atoms with Gasteiger partial charge in [0.2, 0.25) is 0 Å². The van der Waals surface area contributed by atoms with E-state index in [2.05, 4.69) is 15.5 Å². The Kier molecular flexibility index (Phi) is 4.00. The summed E-state index contributed by atoms with van der Waals surface area (Å²) in [6.07, 6.45) is 2.08. The molecule has 0 spiro atoms. The first kappa shape index (κ1) is 13.5. The predicted molar refractivity (Wildman–Crippen MR) is 77.1 cm³/mol. The zero-order chi connectivity index (χ0) is 13.9. The van der Waals surface area contributed by atoms with Crippen molar-refractivity contribution < 1.29 is 5.11 Å². The lowest BCUT2D eigenvalue weighted by atomic mass is 9.97. The third kappa shape index (κ3) is 2.57. The molecule has 0 unspecified atom stereocenters. The van der Waals surface area contributed by atoms with E-state index in [0.29, 0.717) is 16.8 Å². The van der Waals surface area contributed by atoms with Crippen molar-refractivity contribution in [3.8, 4) is 5.69 Å². The topological polar surface area (TPSA) is 63.0 Å². The third-order valence-electron chi connectivity index (χ3n) is 3.69. The number of hydrogen-bond donors (Lipinski definition) is 2. The Balaban J connectivity index is 2.02. The molecule has 2 heterocycles. The van der Waals surface area contributed by atoms with Crippen LogP contribution in [0.3, 0.4) is 0 Å². The first-order chi connectivity index (χ1) is 9.79. The van der Waals surface area contributed by atoms with Crippen molar-refractivity contribution >= 4 is 11.6 Å². The molecule has 1 aliphatic rings. The quantitative estimate of drug-likeness (QED) is 0.907. The van der Waals surface area contributed by atoms with Crippen molar-refractivity contribution in [2.75, 3.05) is 13.1 Å². The molecule has 5 nitrogen and oxygen atoms in total. The van der Waals surface area contributed by atoms with Crippen LogP contribution in [0, 0.1) is 0 Å². The molecular formula is C14H17ClN4O. The summed E-state index contributed by atoms with van der Waals surface area (Å²) in [4.78, 5) is 0. The number of nitrogens with one attached hydrogen (secondary N) is 1. The third-order valence-corrected chi connectivity index (χ3v) is 3.94. The number of rotatable bonds is 3. The maximum atomic E-state index is 9.48. The largest absolute Gasteiger partial charge is 0.388 e. The number of benzene rings is 1. The minimum absolute atomic E-state index is 0.124. The number of nitrogens with zero attached hydrogens (tertiary/aromatic N) is 3. The lowest BCUT2D eigenvalue weighted by molar-refractivity contribution is 0.268. The van der Waals surface area contributed by atoms with E-state index in [9.17, 15) is 5.11 Å². The molecule has 0 saturated carbocycles. The Bertz CT molecular complexity index is 575. The van der Waals surface area contributed by atoms with Crippen LogP contribution in [0.1, 0.15) is 30.4 Å². The Morgan fingerprint density at radius 3 is 2.55 bits per heavy atom. The highest BCUT2D eigenvalue weighted by atomic mass is 35.5. The van der Waals surface area contributed by atoms with Gasteiger partial charge in [0.05, 0.1) is 0 Å². The second-order valence-corrected chi connectivity index (χ2v) is 5.41. The van der Waals surface area contributed by atoms with Crippen LogP contribution in [0.15, 0.2) is 24.3 Å². The second kappa shape index (κ2) is 5.91. The summed E-state index contributed by atoms with van der Waals surface area (Å²) in [6, 6.07) is 7.53. The number of aliphatic hydroxyl groups excluding tert-OH is 1. The van der Waals surface area contributed by atoms with Crippen LogP contribution in [0.4, 0.5) is 0 Å². The number of halogens is 1. The summed E-state index contributed by atoms with van der Waals surface area (Å²) < 4.78 is 1.95. The van der Waals surface area contributed by atoms with E-state index in [1.165, 1.54) is 0 Å². The van der Waals surface area contributed by atoms with Gasteiger partial charge in [-0.3, -0.25) is 4.57 Å². The molecule has 3 rings (SSSR count). The van der Waals surface area contributed by atoms with Crippen molar-refractivity contribution in [2.24, 2.45) is 0 Å². The molecule has 1 aliphatic heterocycles. The molecule has 106 valence electrons. The number of piperidine rings is 1. The van der Waals surface area contributed by atoms with Gasteiger partial charge in [-0.2, -0.15) is 0 Å². The number of aliphatic hydroxyl groups is 1. The summed E-state index contributed by atoms with van der Waals surface area (Å²) in [5, 5.41) is 21.9. The molecule has 1 aromatic heterocycles. The van der Waals surface area contributed by atoms with Crippen LogP contribution in [-0.2, 0) is 6.61 Å². The molecular weight excluding hydrogens is 276 g/mol. The Morgan fingerprint density at radius 2 is 1.90 bits per heavy atom. The number of aromatic nitrogens is 3. The molecule has 0 radical (unpaired) electrons. The molecule has 0 bridgehead atoms. The van der Waals surface area contributed by atoms with Gasteiger partial charge in [0.1, 0.15) is 12.4 Å². The van der Waals surface area contributed by atoms with Gasteiger partial charge in [0.25, 0.3) is 0 Å². The predicted octanol–water partition coefficient (Wildman–Crippen LogP) is 1.88. The van der Waals surface area contributed by atoms with Gasteiger partial charge < -0.3 is 10.4 Å². The average molecular weight is 293 g/mol. The molecule has 1 fully saturated rings. The van der Waals surface area contributed by atoms with Crippen LogP contribution in [0.2, 0.25) is 5.02 Å². The van der Waals surface area contributed by atoms with Gasteiger partial charge in [-0.1, -0.05) is 11.6 Å². The second-order valence-electron chi connectivity index (χ2n) is 4.97. The molecule has 6 heteroatoms. The molecule has 1 saturated heterocycles. The molecule has 0 atom stereocenters. The van der Waals surface area contributed by atoms with E-state index >= 15 is 0 Å². The van der Waals surface area contributed by atoms with E-state index in [-0.39, 0.29) is 6.61 Å². The SMILES string of the molecule is OCc1nnc(C2CCNCC2)n1-c1ccc(Cl)cc1. The van der Waals surface area contributed by atoms with E-state index in [1.807, 2.05) is 28.8 Å². The molecule has 2 aromatic rings. The van der Waals surface area contributed by atoms with Crippen LogP contribution in [0.5, 0.6) is 0 Å². The van der Waals surface area contributed by atoms with Gasteiger partial charge in [0, 0.05) is 16.6 Å². The lowest BCUT2D eigenvalue weighted by Gasteiger charge is -2.22. The zero-order valence-corrected chi connectivity index (χ0v) is 11.8. The van der Waals surface area contributed by atoms with Crippen LogP contribution >= 0.6 is 11.6 Å². The van der Waals surface area contributed by atoms with Gasteiger partial charge in [-0.05, 0) is 50.2 Å². The molecule has 0 aliphatic carbocycles. The lowest BCUT2D eigenvalue weighted by Crippen LogP contribution is -2.28. The van der Waals surface area contributed by atoms with Crippen LogP contribution in [-0.4, -0.2) is 33.0 Å². The Labute approximate surface area is 122 Å². The maximum absolute atomic E-state index is 9.48.